The van der Waals surface area contributed by atoms with Crippen molar-refractivity contribution in [3.8, 4) is 5.69 Å². The zero-order chi connectivity index (χ0) is 14.4. The first-order valence-electron chi connectivity index (χ1n) is 6.22. The molecule has 20 heavy (non-hydrogen) atoms. The first-order valence-corrected chi connectivity index (χ1v) is 14.9. The molecule has 1 heterocycles. The lowest BCUT2D eigenvalue weighted by Gasteiger charge is -2.09. The van der Waals surface area contributed by atoms with Gasteiger partial charge in [-0.1, -0.05) is 34.4 Å². The third kappa shape index (κ3) is 4.95. The number of rotatable bonds is 6. The second-order valence-corrected chi connectivity index (χ2v) is 19.0. The Balaban J connectivity index is 2.00. The molecule has 0 saturated carbocycles. The van der Waals surface area contributed by atoms with Crippen molar-refractivity contribution in [2.75, 3.05) is 6.16 Å². The molecule has 0 aliphatic rings. The van der Waals surface area contributed by atoms with Gasteiger partial charge in [-0.3, -0.25) is 9.36 Å². The van der Waals surface area contributed by atoms with Crippen LogP contribution >= 0.6 is 41.1 Å². The van der Waals surface area contributed by atoms with Crippen molar-refractivity contribution in [2.45, 2.75) is 6.42 Å². The standard InChI is InChI=1S/C13H18NOP5/c15-13-3-1-2-9-14(13)12-6-4-11(5-7-12)8-10-18-20(17)19-16/h1-7,9,18-19H,8,10,16-17H2. The van der Waals surface area contributed by atoms with Crippen LogP contribution in [0.5, 0.6) is 0 Å². The van der Waals surface area contributed by atoms with Gasteiger partial charge >= 0.3 is 0 Å². The average Bonchev–Trinajstić information content (AvgIpc) is 2.48. The fraction of sp³-hybridized carbons (Fsp3) is 0.154. The van der Waals surface area contributed by atoms with Crippen LogP contribution in [0.3, 0.4) is 0 Å². The van der Waals surface area contributed by atoms with Gasteiger partial charge in [0, 0.05) is 18.0 Å². The molecule has 1 aromatic carbocycles. The van der Waals surface area contributed by atoms with Crippen LogP contribution in [-0.2, 0) is 6.42 Å². The van der Waals surface area contributed by atoms with Crippen molar-refractivity contribution in [3.05, 3.63) is 64.6 Å². The number of hydrogen-bond acceptors (Lipinski definition) is 1. The van der Waals surface area contributed by atoms with Crippen LogP contribution in [0.15, 0.2) is 53.5 Å². The molecule has 0 radical (unpaired) electrons. The van der Waals surface area contributed by atoms with Crippen molar-refractivity contribution >= 4 is 41.1 Å². The molecule has 0 N–H and O–H groups in total. The maximum absolute atomic E-state index is 11.7. The quantitative estimate of drug-likeness (QED) is 0.690. The van der Waals surface area contributed by atoms with E-state index in [1.807, 2.05) is 18.2 Å². The van der Waals surface area contributed by atoms with Crippen molar-refractivity contribution in [1.82, 2.24) is 4.57 Å². The number of aromatic nitrogens is 1. The largest absolute Gasteiger partial charge is 0.284 e. The molecule has 5 unspecified atom stereocenters. The summed E-state index contributed by atoms with van der Waals surface area (Å²) in [6.07, 6.45) is 4.20. The minimum absolute atomic E-state index is 0.0109. The molecule has 2 nitrogen and oxygen atoms in total. The van der Waals surface area contributed by atoms with Gasteiger partial charge in [0.05, 0.1) is 0 Å². The fourth-order valence-corrected chi connectivity index (χ4v) is 9.35. The number of benzene rings is 1. The highest BCUT2D eigenvalue weighted by Crippen LogP contribution is 2.77. The molecular formula is C13H18NOP5. The van der Waals surface area contributed by atoms with Crippen molar-refractivity contribution in [1.29, 1.82) is 0 Å². The van der Waals surface area contributed by atoms with Gasteiger partial charge < -0.3 is 0 Å². The van der Waals surface area contributed by atoms with E-state index in [2.05, 4.69) is 30.0 Å². The molecule has 0 saturated heterocycles. The minimum Gasteiger partial charge on any atom is -0.284 e. The summed E-state index contributed by atoms with van der Waals surface area (Å²) in [5.41, 5.74) is 2.30. The van der Waals surface area contributed by atoms with E-state index < -0.39 is 0 Å². The van der Waals surface area contributed by atoms with Gasteiger partial charge in [0.2, 0.25) is 0 Å². The molecule has 0 spiro atoms. The molecule has 106 valence electrons. The molecule has 0 fully saturated rings. The van der Waals surface area contributed by atoms with Gasteiger partial charge in [-0.25, -0.2) is 0 Å². The van der Waals surface area contributed by atoms with Gasteiger partial charge in [-0.15, -0.1) is 17.9 Å². The molecule has 0 amide bonds. The van der Waals surface area contributed by atoms with E-state index in [1.165, 1.54) is 11.7 Å². The van der Waals surface area contributed by atoms with Gasteiger partial charge in [-0.2, -0.15) is 0 Å². The monoisotopic (exact) mass is 359 g/mol. The van der Waals surface area contributed by atoms with E-state index in [1.54, 1.807) is 22.9 Å². The van der Waals surface area contributed by atoms with Crippen molar-refractivity contribution in [3.63, 3.8) is 0 Å². The SMILES string of the molecule is O=c1ccccn1-c1ccc(CCPP(P)PP)cc1. The lowest BCUT2D eigenvalue weighted by atomic mass is 10.1. The molecule has 0 aliphatic heterocycles. The van der Waals surface area contributed by atoms with Crippen molar-refractivity contribution in [2.24, 2.45) is 0 Å². The third-order valence-electron chi connectivity index (χ3n) is 2.87. The summed E-state index contributed by atoms with van der Waals surface area (Å²) in [7, 11) is 7.89. The van der Waals surface area contributed by atoms with Crippen LogP contribution in [0.2, 0.25) is 0 Å². The third-order valence-corrected chi connectivity index (χ3v) is 19.6. The van der Waals surface area contributed by atoms with Gasteiger partial charge in [0.1, 0.15) is 0 Å². The highest BCUT2D eigenvalue weighted by Gasteiger charge is 2.01. The summed E-state index contributed by atoms with van der Waals surface area (Å²) >= 11 is 0. The Morgan fingerprint density at radius 3 is 2.55 bits per heavy atom. The summed E-state index contributed by atoms with van der Waals surface area (Å²) in [6, 6.07) is 13.5. The average molecular weight is 359 g/mol. The summed E-state index contributed by atoms with van der Waals surface area (Å²) in [4.78, 5) is 11.7. The van der Waals surface area contributed by atoms with Crippen LogP contribution in [0.25, 0.3) is 5.69 Å². The summed E-state index contributed by atoms with van der Waals surface area (Å²) < 4.78 is 1.67. The topological polar surface area (TPSA) is 22.0 Å². The smallest absolute Gasteiger partial charge is 0.255 e. The zero-order valence-corrected chi connectivity index (χ0v) is 16.2. The predicted octanol–water partition coefficient (Wildman–Crippen LogP) is 4.63. The molecule has 5 atom stereocenters. The van der Waals surface area contributed by atoms with Crippen LogP contribution in [0, 0.1) is 0 Å². The number of aryl methyl sites for hydroxylation is 1. The minimum atomic E-state index is 0.0109. The van der Waals surface area contributed by atoms with Gasteiger partial charge in [-0.05, 0) is 43.3 Å². The Bertz CT molecular complexity index is 598. The van der Waals surface area contributed by atoms with E-state index in [-0.39, 0.29) is 12.5 Å². The predicted molar refractivity (Wildman–Crippen MR) is 104 cm³/mol. The lowest BCUT2D eigenvalue weighted by molar-refractivity contribution is 0.986. The molecule has 2 rings (SSSR count). The number of hydrogen-bond donors (Lipinski definition) is 0. The Hall–Kier alpha value is 0.320. The summed E-state index contributed by atoms with van der Waals surface area (Å²) in [5, 5.41) is 0. The van der Waals surface area contributed by atoms with E-state index in [9.17, 15) is 4.79 Å². The fourth-order valence-electron chi connectivity index (χ4n) is 1.83. The van der Waals surface area contributed by atoms with Gasteiger partial charge in [0.25, 0.3) is 5.56 Å². The molecule has 1 aromatic heterocycles. The Morgan fingerprint density at radius 2 is 1.90 bits per heavy atom. The first-order chi connectivity index (χ1) is 9.70. The number of nitrogens with zero attached hydrogens (tertiary/aromatic N) is 1. The van der Waals surface area contributed by atoms with Crippen LogP contribution in [-0.4, -0.2) is 10.7 Å². The number of pyridine rings is 1. The first kappa shape index (κ1) is 16.7. The van der Waals surface area contributed by atoms with Crippen molar-refractivity contribution < 1.29 is 0 Å². The van der Waals surface area contributed by atoms with Crippen LogP contribution < -0.4 is 5.56 Å². The summed E-state index contributed by atoms with van der Waals surface area (Å²) in [5.74, 6) is 0. The van der Waals surface area contributed by atoms with Crippen LogP contribution in [0.1, 0.15) is 5.56 Å². The van der Waals surface area contributed by atoms with E-state index in [0.29, 0.717) is 0 Å². The lowest BCUT2D eigenvalue weighted by Crippen LogP contribution is -2.15. The van der Waals surface area contributed by atoms with Crippen LogP contribution in [0.4, 0.5) is 0 Å². The highest BCUT2D eigenvalue weighted by molar-refractivity contribution is 8.79. The Labute approximate surface area is 128 Å². The Kier molecular flexibility index (Phi) is 7.25. The molecular weight excluding hydrogens is 341 g/mol. The maximum Gasteiger partial charge on any atom is 0.255 e. The molecule has 0 bridgehead atoms. The van der Waals surface area contributed by atoms with Gasteiger partial charge in [0.15, 0.2) is 0 Å². The highest BCUT2D eigenvalue weighted by atomic mass is 32.8. The van der Waals surface area contributed by atoms with E-state index in [4.69, 9.17) is 0 Å². The van der Waals surface area contributed by atoms with E-state index in [0.717, 1.165) is 28.3 Å². The second-order valence-electron chi connectivity index (χ2n) is 4.23. The molecule has 2 aromatic rings. The maximum atomic E-state index is 11.7. The Morgan fingerprint density at radius 1 is 1.15 bits per heavy atom. The van der Waals surface area contributed by atoms with E-state index >= 15 is 0 Å². The zero-order valence-electron chi connectivity index (χ0n) is 11.0. The normalized spacial score (nSPS) is 13.5. The second kappa shape index (κ2) is 8.69. The molecule has 0 aliphatic carbocycles. The molecule has 7 heteroatoms. The summed E-state index contributed by atoms with van der Waals surface area (Å²) in [6.45, 7) is 0.168.